The van der Waals surface area contributed by atoms with E-state index in [1.165, 1.54) is 16.7 Å². The van der Waals surface area contributed by atoms with Crippen LogP contribution in [0.4, 0.5) is 11.5 Å². The third-order valence-corrected chi connectivity index (χ3v) is 7.36. The summed E-state index contributed by atoms with van der Waals surface area (Å²) in [4.78, 5) is 13.4. The van der Waals surface area contributed by atoms with Crippen molar-refractivity contribution >= 4 is 45.3 Å². The van der Waals surface area contributed by atoms with Crippen LogP contribution in [0.1, 0.15) is 64.8 Å². The lowest BCUT2D eigenvalue weighted by Gasteiger charge is -2.28. The summed E-state index contributed by atoms with van der Waals surface area (Å²) < 4.78 is 6.67. The van der Waals surface area contributed by atoms with Crippen molar-refractivity contribution in [3.05, 3.63) is 52.4 Å². The highest BCUT2D eigenvalue weighted by Crippen LogP contribution is 2.36. The molecule has 0 atom stereocenters. The molecule has 3 heterocycles. The summed E-state index contributed by atoms with van der Waals surface area (Å²) in [6, 6.07) is 7.94. The number of nitrogen functional groups attached to an aromatic ring is 1. The number of aromatic nitrogens is 2. The van der Waals surface area contributed by atoms with Crippen LogP contribution >= 0.6 is 11.3 Å². The number of aliphatic hydroxyl groups is 1. The van der Waals surface area contributed by atoms with Gasteiger partial charge in [0, 0.05) is 42.2 Å². The Bertz CT molecular complexity index is 1250. The van der Waals surface area contributed by atoms with Gasteiger partial charge in [-0.3, -0.25) is 0 Å². The second kappa shape index (κ2) is 21.6. The van der Waals surface area contributed by atoms with Crippen molar-refractivity contribution in [1.29, 1.82) is 5.41 Å². The Labute approximate surface area is 257 Å². The highest BCUT2D eigenvalue weighted by atomic mass is 32.1. The van der Waals surface area contributed by atoms with Gasteiger partial charge in [-0.2, -0.15) is 0 Å². The molecule has 5 N–H and O–H groups in total. The van der Waals surface area contributed by atoms with E-state index in [0.29, 0.717) is 31.1 Å². The SMILES string of the molecule is C/C=C(/C)CC/C=C/c1cc2nc(-c3cccc(N)c3CC=N)nc(N3CCOCC3)c2s1.CC.CCNC.CCO. The molecule has 1 aliphatic rings. The maximum absolute atomic E-state index is 7.60. The summed E-state index contributed by atoms with van der Waals surface area (Å²) in [6.07, 6.45) is 10.5. The number of benzene rings is 1. The van der Waals surface area contributed by atoms with E-state index in [2.05, 4.69) is 55.3 Å². The maximum atomic E-state index is 7.60. The van der Waals surface area contributed by atoms with Gasteiger partial charge in [-0.05, 0) is 77.2 Å². The molecule has 8 nitrogen and oxygen atoms in total. The van der Waals surface area contributed by atoms with Crippen LogP contribution in [0, 0.1) is 5.41 Å². The molecule has 4 rings (SSSR count). The summed E-state index contributed by atoms with van der Waals surface area (Å²) in [6.45, 7) is 16.3. The van der Waals surface area contributed by atoms with Gasteiger partial charge in [0.25, 0.3) is 0 Å². The normalized spacial score (nSPS) is 13.0. The number of aliphatic hydroxyl groups excluding tert-OH is 1. The standard InChI is InChI=1S/C26H31N5OS.C3H9N.C2H6O.C2H6/c1-3-18(2)7-4-5-8-19-17-23-24(33-19)26(31-13-15-32-16-14-31)30-25(29-23)21-9-6-10-22(28)20(21)11-12-27;1-3-4-2;1-2-3;1-2/h3,5-6,8-10,12,17,27H,4,7,11,13-16,28H2,1-2H3;4H,3H2,1-2H3;3H,2H2,1H3;1-2H3/b8-5+,18-3-,27-12?;;;. The van der Waals surface area contributed by atoms with Crippen molar-refractivity contribution in [3.63, 3.8) is 0 Å². The molecule has 0 aliphatic carbocycles. The van der Waals surface area contributed by atoms with E-state index >= 15 is 0 Å². The average molecular weight is 597 g/mol. The quantitative estimate of drug-likeness (QED) is 0.119. The number of nitrogens with two attached hydrogens (primary N) is 1. The maximum Gasteiger partial charge on any atom is 0.162 e. The number of anilines is 2. The number of thiophene rings is 1. The molecule has 0 radical (unpaired) electrons. The smallest absolute Gasteiger partial charge is 0.162 e. The van der Waals surface area contributed by atoms with Crippen molar-refractivity contribution in [3.8, 4) is 11.4 Å². The lowest BCUT2D eigenvalue weighted by molar-refractivity contribution is 0.122. The summed E-state index contributed by atoms with van der Waals surface area (Å²) in [5.41, 5.74) is 11.0. The van der Waals surface area contributed by atoms with Gasteiger partial charge >= 0.3 is 0 Å². The molecular weight excluding hydrogens is 544 g/mol. The summed E-state index contributed by atoms with van der Waals surface area (Å²) in [5.74, 6) is 1.61. The van der Waals surface area contributed by atoms with Crippen LogP contribution in [0.25, 0.3) is 27.7 Å². The van der Waals surface area contributed by atoms with Crippen LogP contribution < -0.4 is 16.0 Å². The highest BCUT2D eigenvalue weighted by Gasteiger charge is 2.21. The first kappa shape index (κ1) is 36.9. The van der Waals surface area contributed by atoms with E-state index in [4.69, 9.17) is 31.0 Å². The number of hydrogen-bond donors (Lipinski definition) is 4. The Balaban J connectivity index is 0.000000873. The van der Waals surface area contributed by atoms with Crippen LogP contribution in [0.3, 0.4) is 0 Å². The molecule has 232 valence electrons. The first-order chi connectivity index (χ1) is 20.4. The first-order valence-electron chi connectivity index (χ1n) is 15.0. The number of morpholine rings is 1. The number of hydrogen-bond acceptors (Lipinski definition) is 9. The van der Waals surface area contributed by atoms with E-state index in [-0.39, 0.29) is 6.61 Å². The molecule has 2 aromatic heterocycles. The Kier molecular flexibility index (Phi) is 19.0. The summed E-state index contributed by atoms with van der Waals surface area (Å²) >= 11 is 1.73. The predicted molar refractivity (Wildman–Crippen MR) is 184 cm³/mol. The van der Waals surface area contributed by atoms with Crippen molar-refractivity contribution in [2.45, 2.75) is 60.8 Å². The summed E-state index contributed by atoms with van der Waals surface area (Å²) in [7, 11) is 1.93. The van der Waals surface area contributed by atoms with E-state index < -0.39 is 0 Å². The molecule has 0 bridgehead atoms. The molecule has 3 aromatic rings. The number of rotatable bonds is 9. The molecule has 42 heavy (non-hydrogen) atoms. The van der Waals surface area contributed by atoms with Gasteiger partial charge < -0.3 is 31.2 Å². The number of fused-ring (bicyclic) bond motifs is 1. The zero-order valence-corrected chi connectivity index (χ0v) is 27.5. The van der Waals surface area contributed by atoms with Crippen LogP contribution in [-0.2, 0) is 11.2 Å². The van der Waals surface area contributed by atoms with Crippen molar-refractivity contribution in [1.82, 2.24) is 15.3 Å². The zero-order valence-electron chi connectivity index (χ0n) is 26.7. The molecule has 9 heteroatoms. The minimum atomic E-state index is 0.250. The van der Waals surface area contributed by atoms with Gasteiger partial charge in [0.1, 0.15) is 0 Å². The van der Waals surface area contributed by atoms with Gasteiger partial charge in [0.05, 0.1) is 23.4 Å². The fourth-order valence-electron chi connectivity index (χ4n) is 3.92. The lowest BCUT2D eigenvalue weighted by atomic mass is 10.0. The van der Waals surface area contributed by atoms with Gasteiger partial charge in [0.2, 0.25) is 0 Å². The number of ether oxygens (including phenoxy) is 1. The molecule has 0 amide bonds. The minimum Gasteiger partial charge on any atom is -0.398 e. The van der Waals surface area contributed by atoms with Crippen molar-refractivity contribution in [2.75, 3.05) is 57.1 Å². The van der Waals surface area contributed by atoms with E-state index in [1.807, 2.05) is 39.1 Å². The number of nitrogens with one attached hydrogen (secondary N) is 2. The minimum absolute atomic E-state index is 0.250. The molecule has 1 aromatic carbocycles. The van der Waals surface area contributed by atoms with Crippen LogP contribution in [0.15, 0.2) is 42.0 Å². The second-order valence-electron chi connectivity index (χ2n) is 9.21. The average Bonchev–Trinajstić information content (AvgIpc) is 3.44. The van der Waals surface area contributed by atoms with Crippen LogP contribution in [0.5, 0.6) is 0 Å². The van der Waals surface area contributed by atoms with Gasteiger partial charge in [0.15, 0.2) is 11.6 Å². The molecular formula is C33H52N6O2S. The van der Waals surface area contributed by atoms with Gasteiger partial charge in [-0.1, -0.05) is 50.6 Å². The van der Waals surface area contributed by atoms with Crippen molar-refractivity contribution in [2.24, 2.45) is 0 Å². The zero-order chi connectivity index (χ0) is 31.3. The predicted octanol–water partition coefficient (Wildman–Crippen LogP) is 6.98. The fourth-order valence-corrected chi connectivity index (χ4v) is 4.97. The monoisotopic (exact) mass is 596 g/mol. The molecule has 0 unspecified atom stereocenters. The fraction of sp³-hybridized carbons (Fsp3) is 0.485. The molecule has 1 saturated heterocycles. The van der Waals surface area contributed by atoms with E-state index in [0.717, 1.165) is 59.6 Å². The van der Waals surface area contributed by atoms with E-state index in [1.54, 1.807) is 18.3 Å². The van der Waals surface area contributed by atoms with Crippen molar-refractivity contribution < 1.29 is 9.84 Å². The third-order valence-electron chi connectivity index (χ3n) is 6.28. The molecule has 1 aliphatic heterocycles. The van der Waals surface area contributed by atoms with Gasteiger partial charge in [-0.25, -0.2) is 9.97 Å². The van der Waals surface area contributed by atoms with E-state index in [9.17, 15) is 0 Å². The Morgan fingerprint density at radius 1 is 1.21 bits per heavy atom. The largest absolute Gasteiger partial charge is 0.398 e. The molecule has 0 saturated carbocycles. The Morgan fingerprint density at radius 3 is 2.48 bits per heavy atom. The topological polar surface area (TPSA) is 120 Å². The number of allylic oxidation sites excluding steroid dienone is 3. The van der Waals surface area contributed by atoms with Gasteiger partial charge in [-0.15, -0.1) is 11.3 Å². The second-order valence-corrected chi connectivity index (χ2v) is 10.3. The lowest BCUT2D eigenvalue weighted by Crippen LogP contribution is -2.36. The molecule has 1 fully saturated rings. The van der Waals surface area contributed by atoms with Crippen LogP contribution in [0.2, 0.25) is 0 Å². The number of nitrogens with zero attached hydrogens (tertiary/aromatic N) is 3. The highest BCUT2D eigenvalue weighted by molar-refractivity contribution is 7.20. The Hall–Kier alpha value is -3.11. The molecule has 0 spiro atoms. The third kappa shape index (κ3) is 11.6. The first-order valence-corrected chi connectivity index (χ1v) is 15.8. The summed E-state index contributed by atoms with van der Waals surface area (Å²) in [5, 5.41) is 18.1. The van der Waals surface area contributed by atoms with Crippen LogP contribution in [-0.4, -0.2) is 67.8 Å². The Morgan fingerprint density at radius 2 is 1.88 bits per heavy atom.